The van der Waals surface area contributed by atoms with Gasteiger partial charge in [-0.05, 0) is 37.1 Å². The largest absolute Gasteiger partial charge is 0.496 e. The fourth-order valence-electron chi connectivity index (χ4n) is 1.68. The summed E-state index contributed by atoms with van der Waals surface area (Å²) < 4.78 is 10.3. The van der Waals surface area contributed by atoms with Crippen LogP contribution >= 0.6 is 0 Å². The van der Waals surface area contributed by atoms with E-state index >= 15 is 0 Å². The SMILES string of the molecule is COc1cc(C)c(C)cc1-c1ncoc1C=O. The third kappa shape index (κ3) is 1.93. The third-order valence-corrected chi connectivity index (χ3v) is 2.77. The number of methoxy groups -OCH3 is 1. The smallest absolute Gasteiger partial charge is 0.194 e. The van der Waals surface area contributed by atoms with Crippen LogP contribution in [0.1, 0.15) is 21.7 Å². The zero-order valence-corrected chi connectivity index (χ0v) is 9.98. The van der Waals surface area contributed by atoms with Crippen LogP contribution in [0.2, 0.25) is 0 Å². The van der Waals surface area contributed by atoms with Crippen molar-refractivity contribution in [2.45, 2.75) is 13.8 Å². The minimum atomic E-state index is 0.214. The average Bonchev–Trinajstić information content (AvgIpc) is 2.80. The summed E-state index contributed by atoms with van der Waals surface area (Å²) in [6.45, 7) is 4.00. The summed E-state index contributed by atoms with van der Waals surface area (Å²) in [6, 6.07) is 3.87. The molecule has 17 heavy (non-hydrogen) atoms. The molecule has 0 aliphatic heterocycles. The minimum absolute atomic E-state index is 0.214. The molecule has 0 spiro atoms. The van der Waals surface area contributed by atoms with Crippen LogP contribution in [-0.2, 0) is 0 Å². The van der Waals surface area contributed by atoms with Gasteiger partial charge in [-0.3, -0.25) is 4.79 Å². The first kappa shape index (κ1) is 11.4. The Morgan fingerprint density at radius 3 is 2.65 bits per heavy atom. The first-order chi connectivity index (χ1) is 8.17. The maximum absolute atomic E-state index is 10.8. The normalized spacial score (nSPS) is 10.3. The van der Waals surface area contributed by atoms with Gasteiger partial charge in [0.15, 0.2) is 18.4 Å². The molecule has 0 bridgehead atoms. The molecule has 0 fully saturated rings. The topological polar surface area (TPSA) is 52.3 Å². The zero-order valence-electron chi connectivity index (χ0n) is 9.98. The van der Waals surface area contributed by atoms with E-state index in [0.717, 1.165) is 16.7 Å². The first-order valence-corrected chi connectivity index (χ1v) is 5.21. The quantitative estimate of drug-likeness (QED) is 0.762. The summed E-state index contributed by atoms with van der Waals surface area (Å²) in [4.78, 5) is 14.9. The van der Waals surface area contributed by atoms with E-state index in [1.807, 2.05) is 26.0 Å². The average molecular weight is 231 g/mol. The second-order valence-electron chi connectivity index (χ2n) is 3.82. The Bertz CT molecular complexity index is 558. The van der Waals surface area contributed by atoms with Crippen LogP contribution in [0.4, 0.5) is 0 Å². The number of rotatable bonds is 3. The van der Waals surface area contributed by atoms with Crippen LogP contribution in [0.25, 0.3) is 11.3 Å². The number of carbonyl (C=O) groups excluding carboxylic acids is 1. The molecule has 4 heteroatoms. The Morgan fingerprint density at radius 2 is 2.00 bits per heavy atom. The van der Waals surface area contributed by atoms with Gasteiger partial charge in [0.25, 0.3) is 0 Å². The van der Waals surface area contributed by atoms with Crippen molar-refractivity contribution in [3.05, 3.63) is 35.4 Å². The second kappa shape index (κ2) is 4.41. The summed E-state index contributed by atoms with van der Waals surface area (Å²) in [5.41, 5.74) is 3.52. The second-order valence-corrected chi connectivity index (χ2v) is 3.82. The lowest BCUT2D eigenvalue weighted by Crippen LogP contribution is -1.93. The molecule has 1 heterocycles. The molecule has 2 rings (SSSR count). The van der Waals surface area contributed by atoms with Crippen molar-refractivity contribution >= 4 is 6.29 Å². The summed E-state index contributed by atoms with van der Waals surface area (Å²) in [5.74, 6) is 0.900. The molecular formula is C13H13NO3. The predicted molar refractivity (Wildman–Crippen MR) is 63.4 cm³/mol. The molecule has 0 N–H and O–H groups in total. The maximum Gasteiger partial charge on any atom is 0.194 e. The summed E-state index contributed by atoms with van der Waals surface area (Å²) >= 11 is 0. The van der Waals surface area contributed by atoms with E-state index in [1.165, 1.54) is 6.39 Å². The van der Waals surface area contributed by atoms with Crippen molar-refractivity contribution in [3.8, 4) is 17.0 Å². The van der Waals surface area contributed by atoms with Crippen LogP contribution in [0, 0.1) is 13.8 Å². The van der Waals surface area contributed by atoms with E-state index in [9.17, 15) is 4.79 Å². The monoisotopic (exact) mass is 231 g/mol. The standard InChI is InChI=1S/C13H13NO3/c1-8-4-10(11(16-3)5-9(8)2)13-12(6-15)17-7-14-13/h4-7H,1-3H3. The third-order valence-electron chi connectivity index (χ3n) is 2.77. The van der Waals surface area contributed by atoms with E-state index in [0.29, 0.717) is 17.7 Å². The molecule has 0 saturated heterocycles. The lowest BCUT2D eigenvalue weighted by Gasteiger charge is -2.10. The van der Waals surface area contributed by atoms with Crippen molar-refractivity contribution in [2.75, 3.05) is 7.11 Å². The van der Waals surface area contributed by atoms with Gasteiger partial charge in [-0.15, -0.1) is 0 Å². The van der Waals surface area contributed by atoms with Gasteiger partial charge < -0.3 is 9.15 Å². The molecule has 0 aliphatic carbocycles. The van der Waals surface area contributed by atoms with Crippen molar-refractivity contribution in [3.63, 3.8) is 0 Å². The molecule has 1 aromatic carbocycles. The van der Waals surface area contributed by atoms with Crippen LogP contribution in [0.15, 0.2) is 22.9 Å². The predicted octanol–water partition coefficient (Wildman–Crippen LogP) is 2.78. The lowest BCUT2D eigenvalue weighted by atomic mass is 10.0. The number of aryl methyl sites for hydroxylation is 2. The van der Waals surface area contributed by atoms with E-state index in [-0.39, 0.29) is 5.76 Å². The Kier molecular flexibility index (Phi) is 2.95. The number of aldehydes is 1. The molecule has 4 nitrogen and oxygen atoms in total. The highest BCUT2D eigenvalue weighted by atomic mass is 16.5. The fourth-order valence-corrected chi connectivity index (χ4v) is 1.68. The molecule has 1 aromatic heterocycles. The number of ether oxygens (including phenoxy) is 1. The van der Waals surface area contributed by atoms with Crippen molar-refractivity contribution in [1.82, 2.24) is 4.98 Å². The number of hydrogen-bond donors (Lipinski definition) is 0. The molecule has 2 aromatic rings. The molecule has 0 amide bonds. The van der Waals surface area contributed by atoms with Gasteiger partial charge in [0, 0.05) is 5.56 Å². The van der Waals surface area contributed by atoms with Crippen molar-refractivity contribution in [2.24, 2.45) is 0 Å². The summed E-state index contributed by atoms with van der Waals surface area (Å²) in [7, 11) is 1.59. The van der Waals surface area contributed by atoms with Crippen LogP contribution in [0.5, 0.6) is 5.75 Å². The van der Waals surface area contributed by atoms with E-state index in [4.69, 9.17) is 9.15 Å². The highest BCUT2D eigenvalue weighted by molar-refractivity contribution is 5.84. The van der Waals surface area contributed by atoms with Gasteiger partial charge in [0.05, 0.1) is 7.11 Å². The molecule has 88 valence electrons. The highest BCUT2D eigenvalue weighted by Gasteiger charge is 2.15. The maximum atomic E-state index is 10.8. The van der Waals surface area contributed by atoms with E-state index in [2.05, 4.69) is 4.98 Å². The van der Waals surface area contributed by atoms with Gasteiger partial charge in [-0.2, -0.15) is 0 Å². The zero-order chi connectivity index (χ0) is 12.4. The Hall–Kier alpha value is -2.10. The number of benzene rings is 1. The summed E-state index contributed by atoms with van der Waals surface area (Å²) in [6.07, 6.45) is 1.91. The molecule has 0 saturated carbocycles. The van der Waals surface area contributed by atoms with Crippen molar-refractivity contribution < 1.29 is 13.9 Å². The highest BCUT2D eigenvalue weighted by Crippen LogP contribution is 2.33. The number of aromatic nitrogens is 1. The van der Waals surface area contributed by atoms with Crippen LogP contribution in [-0.4, -0.2) is 18.4 Å². The molecule has 0 radical (unpaired) electrons. The fraction of sp³-hybridized carbons (Fsp3) is 0.231. The minimum Gasteiger partial charge on any atom is -0.496 e. The van der Waals surface area contributed by atoms with Crippen molar-refractivity contribution in [1.29, 1.82) is 0 Å². The molecule has 0 unspecified atom stereocenters. The van der Waals surface area contributed by atoms with Gasteiger partial charge in [-0.25, -0.2) is 4.98 Å². The van der Waals surface area contributed by atoms with E-state index in [1.54, 1.807) is 7.11 Å². The number of nitrogens with zero attached hydrogens (tertiary/aromatic N) is 1. The van der Waals surface area contributed by atoms with Crippen LogP contribution in [0.3, 0.4) is 0 Å². The lowest BCUT2D eigenvalue weighted by molar-refractivity contribution is 0.110. The Labute approximate surface area is 99.2 Å². The summed E-state index contributed by atoms with van der Waals surface area (Å²) in [5, 5.41) is 0. The molecular weight excluding hydrogens is 218 g/mol. The number of oxazole rings is 1. The van der Waals surface area contributed by atoms with Gasteiger partial charge in [0.1, 0.15) is 11.4 Å². The number of hydrogen-bond acceptors (Lipinski definition) is 4. The number of carbonyl (C=O) groups is 1. The van der Waals surface area contributed by atoms with Crippen LogP contribution < -0.4 is 4.74 Å². The molecule has 0 aliphatic rings. The first-order valence-electron chi connectivity index (χ1n) is 5.21. The Morgan fingerprint density at radius 1 is 1.29 bits per heavy atom. The van der Waals surface area contributed by atoms with Gasteiger partial charge >= 0.3 is 0 Å². The van der Waals surface area contributed by atoms with E-state index < -0.39 is 0 Å². The molecule has 0 atom stereocenters. The Balaban J connectivity index is 2.66. The van der Waals surface area contributed by atoms with Gasteiger partial charge in [-0.1, -0.05) is 0 Å². The van der Waals surface area contributed by atoms with Gasteiger partial charge in [0.2, 0.25) is 0 Å².